The minimum atomic E-state index is -0.350. The normalized spacial score (nSPS) is 15.2. The van der Waals surface area contributed by atoms with Gasteiger partial charge in [0.1, 0.15) is 35.5 Å². The number of hydrogen-bond donors (Lipinski definition) is 1. The van der Waals surface area contributed by atoms with Gasteiger partial charge >= 0.3 is 0 Å². The number of amides is 1. The van der Waals surface area contributed by atoms with Crippen molar-refractivity contribution in [2.24, 2.45) is 0 Å². The second-order valence-electron chi connectivity index (χ2n) is 6.53. The number of furan rings is 1. The van der Waals surface area contributed by atoms with Gasteiger partial charge in [-0.3, -0.25) is 4.79 Å². The number of nitriles is 1. The molecule has 0 saturated heterocycles. The average molecular weight is 385 g/mol. The zero-order chi connectivity index (χ0) is 19.1. The molecule has 0 unspecified atom stereocenters. The van der Waals surface area contributed by atoms with Crippen molar-refractivity contribution in [3.63, 3.8) is 0 Å². The molecule has 1 N–H and O–H groups in total. The molecule has 0 radical (unpaired) electrons. The molecule has 1 amide bonds. The summed E-state index contributed by atoms with van der Waals surface area (Å²) in [4.78, 5) is 12.3. The lowest BCUT2D eigenvalue weighted by molar-refractivity contribution is -0.117. The third-order valence-corrected chi connectivity index (χ3v) is 4.69. The lowest BCUT2D eigenvalue weighted by Gasteiger charge is -2.22. The molecule has 2 aromatic rings. The predicted molar refractivity (Wildman–Crippen MR) is 103 cm³/mol. The number of hydrogen-bond acceptors (Lipinski definition) is 4. The van der Waals surface area contributed by atoms with Crippen molar-refractivity contribution >= 4 is 23.6 Å². The summed E-state index contributed by atoms with van der Waals surface area (Å²) in [6, 6.07) is 12.7. The van der Waals surface area contributed by atoms with Gasteiger partial charge in [0, 0.05) is 17.1 Å². The van der Waals surface area contributed by atoms with Gasteiger partial charge in [-0.2, -0.15) is 5.26 Å². The standard InChI is InChI=1S/C21H21ClN2O3/c22-16-5-4-8-18(12-16)26-14-20-10-9-19(27-20)11-15(13-23)21(25)24-17-6-2-1-3-7-17/h4-5,8-12,17H,1-3,6-7,14H2,(H,24,25)/b15-11+. The molecule has 0 bridgehead atoms. The van der Waals surface area contributed by atoms with Crippen LogP contribution in [0.1, 0.15) is 43.6 Å². The number of nitrogens with zero attached hydrogens (tertiary/aromatic N) is 1. The molecule has 6 heteroatoms. The summed E-state index contributed by atoms with van der Waals surface area (Å²) in [7, 11) is 0. The van der Waals surface area contributed by atoms with Gasteiger partial charge < -0.3 is 14.5 Å². The molecule has 3 rings (SSSR count). The van der Waals surface area contributed by atoms with Crippen LogP contribution >= 0.6 is 11.6 Å². The van der Waals surface area contributed by atoms with E-state index in [1.165, 1.54) is 12.5 Å². The fourth-order valence-corrected chi connectivity index (χ4v) is 3.24. The summed E-state index contributed by atoms with van der Waals surface area (Å²) in [6.07, 6.45) is 6.84. The molecule has 1 aromatic heterocycles. The van der Waals surface area contributed by atoms with Gasteiger partial charge in [0.2, 0.25) is 0 Å². The Labute approximate surface area is 163 Å². The Balaban J connectivity index is 1.60. The van der Waals surface area contributed by atoms with E-state index in [-0.39, 0.29) is 24.1 Å². The highest BCUT2D eigenvalue weighted by molar-refractivity contribution is 6.30. The molecule has 0 atom stereocenters. The average Bonchev–Trinajstić information content (AvgIpc) is 3.13. The Morgan fingerprint density at radius 2 is 2.11 bits per heavy atom. The number of benzene rings is 1. The minimum absolute atomic E-state index is 0.0391. The van der Waals surface area contributed by atoms with Gasteiger partial charge in [-0.05, 0) is 43.2 Å². The highest BCUT2D eigenvalue weighted by atomic mass is 35.5. The summed E-state index contributed by atoms with van der Waals surface area (Å²) in [6.45, 7) is 0.227. The monoisotopic (exact) mass is 384 g/mol. The van der Waals surface area contributed by atoms with E-state index in [0.717, 1.165) is 25.7 Å². The van der Waals surface area contributed by atoms with Crippen LogP contribution in [-0.2, 0) is 11.4 Å². The summed E-state index contributed by atoms with van der Waals surface area (Å²) >= 11 is 5.92. The molecule has 1 heterocycles. The van der Waals surface area contributed by atoms with Crippen LogP contribution < -0.4 is 10.1 Å². The number of halogens is 1. The van der Waals surface area contributed by atoms with Crippen LogP contribution in [-0.4, -0.2) is 11.9 Å². The molecule has 1 saturated carbocycles. The molecule has 5 nitrogen and oxygen atoms in total. The van der Waals surface area contributed by atoms with Gasteiger partial charge in [-0.15, -0.1) is 0 Å². The maximum Gasteiger partial charge on any atom is 0.262 e. The Morgan fingerprint density at radius 1 is 1.30 bits per heavy atom. The van der Waals surface area contributed by atoms with E-state index >= 15 is 0 Å². The Bertz CT molecular complexity index is 860. The van der Waals surface area contributed by atoms with Crippen LogP contribution in [0.2, 0.25) is 5.02 Å². The molecule has 140 valence electrons. The maximum atomic E-state index is 12.3. The number of nitrogens with one attached hydrogen (secondary N) is 1. The van der Waals surface area contributed by atoms with Crippen LogP contribution in [0, 0.1) is 11.3 Å². The zero-order valence-corrected chi connectivity index (χ0v) is 15.7. The zero-order valence-electron chi connectivity index (χ0n) is 14.9. The van der Waals surface area contributed by atoms with Crippen molar-refractivity contribution in [1.82, 2.24) is 5.32 Å². The molecule has 1 aliphatic rings. The van der Waals surface area contributed by atoms with Crippen LogP contribution in [0.3, 0.4) is 0 Å². The Kier molecular flexibility index (Phi) is 6.56. The quantitative estimate of drug-likeness (QED) is 0.569. The highest BCUT2D eigenvalue weighted by Gasteiger charge is 2.18. The van der Waals surface area contributed by atoms with Gasteiger partial charge in [0.05, 0.1) is 0 Å². The Morgan fingerprint density at radius 3 is 2.85 bits per heavy atom. The van der Waals surface area contributed by atoms with Crippen LogP contribution in [0.4, 0.5) is 0 Å². The lowest BCUT2D eigenvalue weighted by Crippen LogP contribution is -2.36. The summed E-state index contributed by atoms with van der Waals surface area (Å²) in [5.74, 6) is 1.32. The van der Waals surface area contributed by atoms with Crippen LogP contribution in [0.25, 0.3) is 6.08 Å². The van der Waals surface area contributed by atoms with Crippen molar-refractivity contribution in [3.05, 3.63) is 58.5 Å². The maximum absolute atomic E-state index is 12.3. The summed E-state index contributed by atoms with van der Waals surface area (Å²) in [5, 5.41) is 12.8. The van der Waals surface area contributed by atoms with E-state index in [1.54, 1.807) is 36.4 Å². The van der Waals surface area contributed by atoms with Crippen LogP contribution in [0.15, 0.2) is 46.4 Å². The van der Waals surface area contributed by atoms with Crippen molar-refractivity contribution in [3.8, 4) is 11.8 Å². The van der Waals surface area contributed by atoms with Gasteiger partial charge in [-0.1, -0.05) is 36.9 Å². The highest BCUT2D eigenvalue weighted by Crippen LogP contribution is 2.20. The largest absolute Gasteiger partial charge is 0.486 e. The van der Waals surface area contributed by atoms with Crippen LogP contribution in [0.5, 0.6) is 5.75 Å². The van der Waals surface area contributed by atoms with Gasteiger partial charge in [0.15, 0.2) is 0 Å². The lowest BCUT2D eigenvalue weighted by atomic mass is 9.95. The molecule has 0 aliphatic heterocycles. The summed E-state index contributed by atoms with van der Waals surface area (Å²) < 4.78 is 11.3. The van der Waals surface area contributed by atoms with Gasteiger partial charge in [-0.25, -0.2) is 0 Å². The predicted octanol–water partition coefficient (Wildman–Crippen LogP) is 4.87. The number of ether oxygens (including phenoxy) is 1. The number of carbonyl (C=O) groups excluding carboxylic acids is 1. The van der Waals surface area contributed by atoms with E-state index in [4.69, 9.17) is 20.8 Å². The van der Waals surface area contributed by atoms with E-state index in [0.29, 0.717) is 22.3 Å². The molecule has 1 aromatic carbocycles. The van der Waals surface area contributed by atoms with Gasteiger partial charge in [0.25, 0.3) is 5.91 Å². The van der Waals surface area contributed by atoms with E-state index in [9.17, 15) is 10.1 Å². The fourth-order valence-electron chi connectivity index (χ4n) is 3.06. The second kappa shape index (κ2) is 9.29. The topological polar surface area (TPSA) is 75.3 Å². The molecular weight excluding hydrogens is 364 g/mol. The molecule has 1 aliphatic carbocycles. The van der Waals surface area contributed by atoms with E-state index in [1.807, 2.05) is 6.07 Å². The third kappa shape index (κ3) is 5.63. The van der Waals surface area contributed by atoms with Crippen molar-refractivity contribution in [2.45, 2.75) is 44.8 Å². The van der Waals surface area contributed by atoms with E-state index < -0.39 is 0 Å². The second-order valence-corrected chi connectivity index (χ2v) is 6.96. The number of rotatable bonds is 6. The van der Waals surface area contributed by atoms with Crippen molar-refractivity contribution < 1.29 is 13.9 Å². The summed E-state index contributed by atoms with van der Waals surface area (Å²) in [5.41, 5.74) is 0.0391. The van der Waals surface area contributed by atoms with Crippen molar-refractivity contribution in [2.75, 3.05) is 0 Å². The SMILES string of the molecule is N#C/C(=C\c1ccc(COc2cccc(Cl)c2)o1)C(=O)NC1CCCCC1. The molecule has 1 fully saturated rings. The third-order valence-electron chi connectivity index (χ3n) is 4.45. The number of carbonyl (C=O) groups is 1. The first-order valence-corrected chi connectivity index (χ1v) is 9.41. The minimum Gasteiger partial charge on any atom is -0.486 e. The fraction of sp³-hybridized carbons (Fsp3) is 0.333. The first-order valence-electron chi connectivity index (χ1n) is 9.04. The molecule has 0 spiro atoms. The first kappa shape index (κ1) is 19.1. The Hall–Kier alpha value is -2.71. The molecule has 27 heavy (non-hydrogen) atoms. The van der Waals surface area contributed by atoms with E-state index in [2.05, 4.69) is 5.32 Å². The first-order chi connectivity index (χ1) is 13.1. The van der Waals surface area contributed by atoms with Crippen molar-refractivity contribution in [1.29, 1.82) is 5.26 Å². The smallest absolute Gasteiger partial charge is 0.262 e. The molecular formula is C21H21ClN2O3.